The zero-order chi connectivity index (χ0) is 11.5. The van der Waals surface area contributed by atoms with Crippen LogP contribution in [0.4, 0.5) is 0 Å². The Morgan fingerprint density at radius 3 is 2.71 bits per heavy atom. The summed E-state index contributed by atoms with van der Waals surface area (Å²) in [5.74, 6) is 0. The molecule has 98 valence electrons. The Bertz CT molecular complexity index is 230. The van der Waals surface area contributed by atoms with Crippen molar-refractivity contribution in [1.29, 1.82) is 0 Å². The van der Waals surface area contributed by atoms with Crippen molar-refractivity contribution in [3.63, 3.8) is 0 Å². The molecule has 3 aliphatic rings. The monoisotopic (exact) mass is 238 g/mol. The van der Waals surface area contributed by atoms with E-state index in [0.29, 0.717) is 6.10 Å². The van der Waals surface area contributed by atoms with Gasteiger partial charge in [-0.25, -0.2) is 0 Å². The van der Waals surface area contributed by atoms with E-state index in [-0.39, 0.29) is 0 Å². The van der Waals surface area contributed by atoms with Gasteiger partial charge in [-0.05, 0) is 51.5 Å². The van der Waals surface area contributed by atoms with E-state index in [1.807, 2.05) is 0 Å². The van der Waals surface area contributed by atoms with Crippen LogP contribution in [0.2, 0.25) is 0 Å². The van der Waals surface area contributed by atoms with Crippen LogP contribution in [0.5, 0.6) is 0 Å². The van der Waals surface area contributed by atoms with Crippen LogP contribution < -0.4 is 5.32 Å². The van der Waals surface area contributed by atoms with Crippen LogP contribution in [-0.4, -0.2) is 49.3 Å². The van der Waals surface area contributed by atoms with E-state index in [9.17, 15) is 0 Å². The largest absolute Gasteiger partial charge is 0.378 e. The van der Waals surface area contributed by atoms with Crippen molar-refractivity contribution in [2.45, 2.75) is 63.1 Å². The summed E-state index contributed by atoms with van der Waals surface area (Å²) in [6.45, 7) is 4.76. The fraction of sp³-hybridized carbons (Fsp3) is 1.00. The topological polar surface area (TPSA) is 24.5 Å². The smallest absolute Gasteiger partial charge is 0.0588 e. The predicted octanol–water partition coefficient (Wildman–Crippen LogP) is 1.77. The second-order valence-electron chi connectivity index (χ2n) is 5.94. The fourth-order valence-electron chi connectivity index (χ4n) is 3.24. The molecule has 3 nitrogen and oxygen atoms in total. The zero-order valence-electron chi connectivity index (χ0n) is 10.9. The Labute approximate surface area is 105 Å². The first kappa shape index (κ1) is 11.9. The number of hydrogen-bond acceptors (Lipinski definition) is 3. The first-order valence-corrected chi connectivity index (χ1v) is 7.51. The van der Waals surface area contributed by atoms with Crippen LogP contribution >= 0.6 is 0 Å². The Morgan fingerprint density at radius 1 is 1.12 bits per heavy atom. The van der Waals surface area contributed by atoms with Gasteiger partial charge in [0.25, 0.3) is 0 Å². The molecule has 0 aromatic carbocycles. The van der Waals surface area contributed by atoms with E-state index >= 15 is 0 Å². The maximum absolute atomic E-state index is 5.73. The molecule has 2 aliphatic heterocycles. The predicted molar refractivity (Wildman–Crippen MR) is 69.2 cm³/mol. The molecule has 2 atom stereocenters. The molecule has 3 fully saturated rings. The van der Waals surface area contributed by atoms with Gasteiger partial charge in [-0.3, -0.25) is 4.90 Å². The van der Waals surface area contributed by atoms with Crippen molar-refractivity contribution in [2.75, 3.05) is 26.2 Å². The van der Waals surface area contributed by atoms with Crippen LogP contribution in [-0.2, 0) is 4.74 Å². The Morgan fingerprint density at radius 2 is 2.06 bits per heavy atom. The van der Waals surface area contributed by atoms with Crippen molar-refractivity contribution < 1.29 is 4.74 Å². The lowest BCUT2D eigenvalue weighted by atomic mass is 10.1. The first-order valence-electron chi connectivity index (χ1n) is 7.51. The minimum atomic E-state index is 0.563. The molecule has 0 aromatic heterocycles. The molecule has 3 rings (SSSR count). The third-order valence-electron chi connectivity index (χ3n) is 4.44. The minimum Gasteiger partial charge on any atom is -0.378 e. The van der Waals surface area contributed by atoms with E-state index in [1.54, 1.807) is 0 Å². The molecule has 1 N–H and O–H groups in total. The van der Waals surface area contributed by atoms with E-state index in [0.717, 1.165) is 18.7 Å². The number of nitrogens with zero attached hydrogens (tertiary/aromatic N) is 1. The summed E-state index contributed by atoms with van der Waals surface area (Å²) in [7, 11) is 0. The standard InChI is InChI=1S/C14H26N2O/c1-3-12(15-8-1)11-16(13-5-6-13)9-7-14-4-2-10-17-14/h12-15H,1-11H2. The van der Waals surface area contributed by atoms with E-state index in [4.69, 9.17) is 4.74 Å². The Balaban J connectivity index is 1.42. The van der Waals surface area contributed by atoms with Crippen molar-refractivity contribution in [2.24, 2.45) is 0 Å². The lowest BCUT2D eigenvalue weighted by molar-refractivity contribution is 0.0894. The highest BCUT2D eigenvalue weighted by molar-refractivity contribution is 4.88. The van der Waals surface area contributed by atoms with Gasteiger partial charge >= 0.3 is 0 Å². The maximum Gasteiger partial charge on any atom is 0.0588 e. The Hall–Kier alpha value is -0.120. The van der Waals surface area contributed by atoms with Crippen LogP contribution in [0, 0.1) is 0 Å². The number of ether oxygens (including phenoxy) is 1. The normalized spacial score (nSPS) is 33.7. The molecule has 17 heavy (non-hydrogen) atoms. The van der Waals surface area contributed by atoms with Crippen molar-refractivity contribution in [3.8, 4) is 0 Å². The van der Waals surface area contributed by atoms with Crippen LogP contribution in [0.25, 0.3) is 0 Å². The van der Waals surface area contributed by atoms with Gasteiger partial charge in [0.05, 0.1) is 6.10 Å². The molecule has 2 heterocycles. The first-order chi connectivity index (χ1) is 8.42. The van der Waals surface area contributed by atoms with E-state index < -0.39 is 0 Å². The summed E-state index contributed by atoms with van der Waals surface area (Å²) in [4.78, 5) is 2.73. The fourth-order valence-corrected chi connectivity index (χ4v) is 3.24. The molecule has 2 saturated heterocycles. The summed E-state index contributed by atoms with van der Waals surface area (Å²) in [5, 5.41) is 3.62. The number of rotatable bonds is 6. The highest BCUT2D eigenvalue weighted by Crippen LogP contribution is 2.28. The molecule has 0 amide bonds. The van der Waals surface area contributed by atoms with Crippen LogP contribution in [0.15, 0.2) is 0 Å². The molecule has 0 radical (unpaired) electrons. The SMILES string of the molecule is C1CNC(CN(CCC2CCCO2)C2CC2)C1. The molecular formula is C14H26N2O. The van der Waals surface area contributed by atoms with Crippen molar-refractivity contribution >= 4 is 0 Å². The highest BCUT2D eigenvalue weighted by atomic mass is 16.5. The van der Waals surface area contributed by atoms with Gasteiger partial charge in [0.2, 0.25) is 0 Å². The summed E-state index contributed by atoms with van der Waals surface area (Å²) in [6, 6.07) is 1.67. The van der Waals surface area contributed by atoms with Crippen LogP contribution in [0.1, 0.15) is 44.9 Å². The van der Waals surface area contributed by atoms with Gasteiger partial charge in [-0.15, -0.1) is 0 Å². The molecule has 3 heteroatoms. The highest BCUT2D eigenvalue weighted by Gasteiger charge is 2.31. The second kappa shape index (κ2) is 5.68. The quantitative estimate of drug-likeness (QED) is 0.763. The molecule has 0 spiro atoms. The van der Waals surface area contributed by atoms with Gasteiger partial charge in [0.1, 0.15) is 0 Å². The lowest BCUT2D eigenvalue weighted by Gasteiger charge is -2.26. The van der Waals surface area contributed by atoms with E-state index in [1.165, 1.54) is 64.6 Å². The molecule has 0 aromatic rings. The molecular weight excluding hydrogens is 212 g/mol. The molecule has 0 bridgehead atoms. The third-order valence-corrected chi connectivity index (χ3v) is 4.44. The third kappa shape index (κ3) is 3.43. The number of hydrogen-bond donors (Lipinski definition) is 1. The molecule has 1 saturated carbocycles. The van der Waals surface area contributed by atoms with Crippen molar-refractivity contribution in [3.05, 3.63) is 0 Å². The van der Waals surface area contributed by atoms with Crippen molar-refractivity contribution in [1.82, 2.24) is 10.2 Å². The van der Waals surface area contributed by atoms with E-state index in [2.05, 4.69) is 10.2 Å². The molecule has 1 aliphatic carbocycles. The summed E-state index contributed by atoms with van der Waals surface area (Å²) in [6.07, 6.45) is 9.99. The summed E-state index contributed by atoms with van der Waals surface area (Å²) >= 11 is 0. The van der Waals surface area contributed by atoms with Gasteiger partial charge in [0, 0.05) is 31.8 Å². The van der Waals surface area contributed by atoms with Gasteiger partial charge in [0.15, 0.2) is 0 Å². The second-order valence-corrected chi connectivity index (χ2v) is 5.94. The van der Waals surface area contributed by atoms with Gasteiger partial charge < -0.3 is 10.1 Å². The lowest BCUT2D eigenvalue weighted by Crippen LogP contribution is -2.40. The van der Waals surface area contributed by atoms with Crippen LogP contribution in [0.3, 0.4) is 0 Å². The zero-order valence-corrected chi connectivity index (χ0v) is 10.9. The average Bonchev–Trinajstić information content (AvgIpc) is 2.85. The molecule has 2 unspecified atom stereocenters. The summed E-state index contributed by atoms with van der Waals surface area (Å²) in [5.41, 5.74) is 0. The van der Waals surface area contributed by atoms with Gasteiger partial charge in [-0.1, -0.05) is 0 Å². The Kier molecular flexibility index (Phi) is 3.99. The average molecular weight is 238 g/mol. The number of nitrogens with one attached hydrogen (secondary N) is 1. The van der Waals surface area contributed by atoms with Gasteiger partial charge in [-0.2, -0.15) is 0 Å². The minimum absolute atomic E-state index is 0.563. The summed E-state index contributed by atoms with van der Waals surface area (Å²) < 4.78 is 5.73. The maximum atomic E-state index is 5.73.